The number of rotatable bonds is 3. The van der Waals surface area contributed by atoms with Gasteiger partial charge in [0.25, 0.3) is 0 Å². The Morgan fingerprint density at radius 1 is 1.78 bits per heavy atom. The molecule has 9 heavy (non-hydrogen) atoms. The molecule has 0 aromatic rings. The highest BCUT2D eigenvalue weighted by Crippen LogP contribution is 1.85. The van der Waals surface area contributed by atoms with Gasteiger partial charge in [-0.2, -0.15) is 0 Å². The van der Waals surface area contributed by atoms with Crippen molar-refractivity contribution in [3.05, 3.63) is 0 Å². The molecule has 0 fully saturated rings. The predicted octanol–water partition coefficient (Wildman–Crippen LogP) is -0.486. The third-order valence-corrected chi connectivity index (χ3v) is 0.660. The number of carbonyl (C=O) groups excluding carboxylic acids is 1. The van der Waals surface area contributed by atoms with Gasteiger partial charge in [0.1, 0.15) is 6.10 Å². The van der Waals surface area contributed by atoms with Gasteiger partial charge < -0.3 is 14.6 Å². The molecule has 54 valence electrons. The van der Waals surface area contributed by atoms with E-state index < -0.39 is 12.1 Å². The maximum absolute atomic E-state index is 10.3. The van der Waals surface area contributed by atoms with Crippen molar-refractivity contribution >= 4 is 5.97 Å². The summed E-state index contributed by atoms with van der Waals surface area (Å²) in [5.41, 5.74) is 0. The summed E-state index contributed by atoms with van der Waals surface area (Å²) in [6, 6.07) is 0. The summed E-state index contributed by atoms with van der Waals surface area (Å²) < 4.78 is 8.75. The molecule has 0 heterocycles. The molecule has 0 aliphatic heterocycles. The number of aliphatic hydroxyl groups excluding tert-OH is 1. The van der Waals surface area contributed by atoms with E-state index in [1.54, 1.807) is 0 Å². The summed E-state index contributed by atoms with van der Waals surface area (Å²) in [7, 11) is 1.40. The Morgan fingerprint density at radius 2 is 2.33 bits per heavy atom. The van der Waals surface area contributed by atoms with E-state index in [1.165, 1.54) is 14.0 Å². The lowest BCUT2D eigenvalue weighted by molar-refractivity contribution is -0.162. The topological polar surface area (TPSA) is 55.8 Å². The second kappa shape index (κ2) is 4.29. The van der Waals surface area contributed by atoms with E-state index in [0.29, 0.717) is 0 Å². The van der Waals surface area contributed by atoms with Crippen LogP contribution in [0.4, 0.5) is 0 Å². The SMILES string of the molecule is COCOC(=O)C(C)O. The quantitative estimate of drug-likeness (QED) is 0.418. The van der Waals surface area contributed by atoms with Gasteiger partial charge >= 0.3 is 5.97 Å². The number of esters is 1. The summed E-state index contributed by atoms with van der Waals surface area (Å²) in [5.74, 6) is -0.670. The van der Waals surface area contributed by atoms with Gasteiger partial charge in [0, 0.05) is 7.11 Å². The number of carbonyl (C=O) groups is 1. The molecule has 0 aliphatic carbocycles. The number of hydrogen-bond donors (Lipinski definition) is 1. The Bertz CT molecular complexity index is 89.0. The summed E-state index contributed by atoms with van der Waals surface area (Å²) in [5, 5.41) is 8.52. The lowest BCUT2D eigenvalue weighted by Crippen LogP contribution is -2.20. The van der Waals surface area contributed by atoms with E-state index in [-0.39, 0.29) is 6.79 Å². The molecule has 0 bridgehead atoms. The Morgan fingerprint density at radius 3 is 2.67 bits per heavy atom. The van der Waals surface area contributed by atoms with Crippen molar-refractivity contribution in [3.63, 3.8) is 0 Å². The molecule has 4 heteroatoms. The maximum Gasteiger partial charge on any atom is 0.336 e. The first kappa shape index (κ1) is 8.39. The van der Waals surface area contributed by atoms with E-state index in [4.69, 9.17) is 5.11 Å². The first-order valence-electron chi connectivity index (χ1n) is 2.52. The molecule has 1 N–H and O–H groups in total. The highest BCUT2D eigenvalue weighted by atomic mass is 16.7. The fraction of sp³-hybridized carbons (Fsp3) is 0.800. The van der Waals surface area contributed by atoms with Crippen LogP contribution in [-0.2, 0) is 14.3 Å². The number of hydrogen-bond acceptors (Lipinski definition) is 4. The fourth-order valence-corrected chi connectivity index (χ4v) is 0.238. The molecule has 0 saturated heterocycles. The van der Waals surface area contributed by atoms with Crippen LogP contribution < -0.4 is 0 Å². The van der Waals surface area contributed by atoms with Gasteiger partial charge in [0.05, 0.1) is 0 Å². The van der Waals surface area contributed by atoms with Crippen molar-refractivity contribution < 1.29 is 19.4 Å². The number of ether oxygens (including phenoxy) is 2. The highest BCUT2D eigenvalue weighted by Gasteiger charge is 2.08. The molecule has 0 amide bonds. The molecule has 1 atom stereocenters. The molecule has 0 saturated carbocycles. The molecule has 0 rings (SSSR count). The van der Waals surface area contributed by atoms with Gasteiger partial charge in [-0.3, -0.25) is 0 Å². The van der Waals surface area contributed by atoms with Crippen molar-refractivity contribution in [1.82, 2.24) is 0 Å². The standard InChI is InChI=1S/C5H10O4/c1-4(6)5(7)9-3-8-2/h4,6H,3H2,1-2H3. The number of aliphatic hydroxyl groups is 1. The highest BCUT2D eigenvalue weighted by molar-refractivity contribution is 5.73. The summed E-state index contributed by atoms with van der Waals surface area (Å²) in [6.07, 6.45) is -1.07. The van der Waals surface area contributed by atoms with Crippen molar-refractivity contribution in [1.29, 1.82) is 0 Å². The average molecular weight is 134 g/mol. The van der Waals surface area contributed by atoms with Crippen LogP contribution in [0.1, 0.15) is 6.92 Å². The average Bonchev–Trinajstić information content (AvgIpc) is 1.82. The van der Waals surface area contributed by atoms with Crippen LogP contribution in [0.2, 0.25) is 0 Å². The van der Waals surface area contributed by atoms with Gasteiger partial charge in [0.2, 0.25) is 0 Å². The Hall–Kier alpha value is -0.610. The monoisotopic (exact) mass is 134 g/mol. The first-order valence-corrected chi connectivity index (χ1v) is 2.52. The second-order valence-electron chi connectivity index (χ2n) is 1.55. The largest absolute Gasteiger partial charge is 0.437 e. The zero-order valence-corrected chi connectivity index (χ0v) is 5.46. The van der Waals surface area contributed by atoms with Crippen LogP contribution in [-0.4, -0.2) is 31.1 Å². The van der Waals surface area contributed by atoms with Gasteiger partial charge in [-0.25, -0.2) is 4.79 Å². The Labute approximate surface area is 53.4 Å². The first-order chi connectivity index (χ1) is 4.18. The lowest BCUT2D eigenvalue weighted by Gasteiger charge is -2.03. The van der Waals surface area contributed by atoms with Crippen LogP contribution in [0.15, 0.2) is 0 Å². The van der Waals surface area contributed by atoms with Crippen molar-refractivity contribution in [2.75, 3.05) is 13.9 Å². The molecule has 4 nitrogen and oxygen atoms in total. The smallest absolute Gasteiger partial charge is 0.336 e. The van der Waals surface area contributed by atoms with Crippen LogP contribution in [0.25, 0.3) is 0 Å². The lowest BCUT2D eigenvalue weighted by atomic mass is 10.4. The van der Waals surface area contributed by atoms with Gasteiger partial charge in [0.15, 0.2) is 6.79 Å². The minimum Gasteiger partial charge on any atom is -0.437 e. The van der Waals surface area contributed by atoms with Crippen molar-refractivity contribution in [2.24, 2.45) is 0 Å². The van der Waals surface area contributed by atoms with Crippen LogP contribution in [0, 0.1) is 0 Å². The van der Waals surface area contributed by atoms with E-state index >= 15 is 0 Å². The fourth-order valence-electron chi connectivity index (χ4n) is 0.238. The number of methoxy groups -OCH3 is 1. The molecule has 0 aliphatic rings. The van der Waals surface area contributed by atoms with Crippen LogP contribution in [0.5, 0.6) is 0 Å². The third kappa shape index (κ3) is 3.93. The normalized spacial score (nSPS) is 12.8. The maximum atomic E-state index is 10.3. The zero-order chi connectivity index (χ0) is 7.28. The summed E-state index contributed by atoms with van der Waals surface area (Å²) in [4.78, 5) is 10.3. The van der Waals surface area contributed by atoms with Crippen LogP contribution >= 0.6 is 0 Å². The predicted molar refractivity (Wildman–Crippen MR) is 29.6 cm³/mol. The molecular weight excluding hydrogens is 124 g/mol. The van der Waals surface area contributed by atoms with Gasteiger partial charge in [-0.15, -0.1) is 0 Å². The molecule has 0 aromatic carbocycles. The molecule has 0 spiro atoms. The molecule has 0 aromatic heterocycles. The third-order valence-electron chi connectivity index (χ3n) is 0.660. The van der Waals surface area contributed by atoms with E-state index in [1.807, 2.05) is 0 Å². The minimum atomic E-state index is -1.07. The van der Waals surface area contributed by atoms with Crippen molar-refractivity contribution in [3.8, 4) is 0 Å². The second-order valence-corrected chi connectivity index (χ2v) is 1.55. The molecule has 1 unspecified atom stereocenters. The molecular formula is C5H10O4. The summed E-state index contributed by atoms with van der Waals surface area (Å²) in [6.45, 7) is 1.22. The zero-order valence-electron chi connectivity index (χ0n) is 5.46. The molecule has 0 radical (unpaired) electrons. The van der Waals surface area contributed by atoms with Gasteiger partial charge in [-0.1, -0.05) is 0 Å². The van der Waals surface area contributed by atoms with Crippen molar-refractivity contribution in [2.45, 2.75) is 13.0 Å². The minimum absolute atomic E-state index is 0.107. The summed E-state index contributed by atoms with van der Waals surface area (Å²) >= 11 is 0. The Balaban J connectivity index is 3.28. The van der Waals surface area contributed by atoms with E-state index in [9.17, 15) is 4.79 Å². The van der Waals surface area contributed by atoms with E-state index in [0.717, 1.165) is 0 Å². The van der Waals surface area contributed by atoms with E-state index in [2.05, 4.69) is 9.47 Å². The van der Waals surface area contributed by atoms with Gasteiger partial charge in [-0.05, 0) is 6.92 Å². The van der Waals surface area contributed by atoms with Crippen LogP contribution in [0.3, 0.4) is 0 Å². The Kier molecular flexibility index (Phi) is 4.00.